The molecule has 0 aliphatic heterocycles. The van der Waals surface area contributed by atoms with Crippen molar-refractivity contribution >= 4 is 11.8 Å². The molecule has 1 N–H and O–H groups in total. The highest BCUT2D eigenvalue weighted by Gasteiger charge is 2.12. The molecular formula is C14H21NS. The monoisotopic (exact) mass is 235 g/mol. The van der Waals surface area contributed by atoms with Crippen LogP contribution in [0.1, 0.15) is 23.1 Å². The van der Waals surface area contributed by atoms with Gasteiger partial charge in [0.2, 0.25) is 0 Å². The lowest BCUT2D eigenvalue weighted by molar-refractivity contribution is 0.617. The minimum atomic E-state index is 0.606. The summed E-state index contributed by atoms with van der Waals surface area (Å²) in [4.78, 5) is 0. The van der Waals surface area contributed by atoms with Crippen molar-refractivity contribution < 1.29 is 0 Å². The van der Waals surface area contributed by atoms with Crippen LogP contribution in [0, 0.1) is 0 Å². The van der Waals surface area contributed by atoms with E-state index in [-0.39, 0.29) is 0 Å². The minimum Gasteiger partial charge on any atom is -0.316 e. The summed E-state index contributed by atoms with van der Waals surface area (Å²) in [5.41, 5.74) is 4.67. The molecule has 0 fully saturated rings. The average Bonchev–Trinajstić information content (AvgIpc) is 2.75. The van der Waals surface area contributed by atoms with E-state index >= 15 is 0 Å². The Morgan fingerprint density at radius 2 is 2.12 bits per heavy atom. The molecule has 0 heterocycles. The number of rotatable bonds is 5. The fraction of sp³-hybridized carbons (Fsp3) is 0.571. The van der Waals surface area contributed by atoms with Crippen molar-refractivity contribution in [3.63, 3.8) is 0 Å². The highest BCUT2D eigenvalue weighted by atomic mass is 32.2. The van der Waals surface area contributed by atoms with Crippen LogP contribution in [0.4, 0.5) is 0 Å². The van der Waals surface area contributed by atoms with Gasteiger partial charge >= 0.3 is 0 Å². The predicted molar refractivity (Wildman–Crippen MR) is 73.4 cm³/mol. The summed E-state index contributed by atoms with van der Waals surface area (Å²) in [5.74, 6) is 1.19. The van der Waals surface area contributed by atoms with E-state index < -0.39 is 0 Å². The van der Waals surface area contributed by atoms with Gasteiger partial charge < -0.3 is 5.32 Å². The molecule has 0 saturated heterocycles. The first-order chi connectivity index (χ1) is 7.83. The van der Waals surface area contributed by atoms with Crippen molar-refractivity contribution in [1.82, 2.24) is 5.32 Å². The molecule has 1 aromatic carbocycles. The van der Waals surface area contributed by atoms with Gasteiger partial charge in [0, 0.05) is 11.8 Å². The number of likely N-dealkylation sites (N-methyl/N-ethyl adjacent to an activating group) is 1. The second-order valence-corrected chi connectivity index (χ2v) is 5.51. The first-order valence-electron chi connectivity index (χ1n) is 6.10. The van der Waals surface area contributed by atoms with Crippen LogP contribution in [0.5, 0.6) is 0 Å². The molecule has 16 heavy (non-hydrogen) atoms. The van der Waals surface area contributed by atoms with Crippen molar-refractivity contribution in [2.45, 2.75) is 31.7 Å². The summed E-state index contributed by atoms with van der Waals surface area (Å²) in [6.45, 7) is 0. The molecule has 1 unspecified atom stereocenters. The second-order valence-electron chi connectivity index (χ2n) is 4.60. The van der Waals surface area contributed by atoms with E-state index in [1.807, 2.05) is 11.8 Å². The molecule has 1 aromatic rings. The van der Waals surface area contributed by atoms with Crippen LogP contribution in [0.3, 0.4) is 0 Å². The first-order valence-corrected chi connectivity index (χ1v) is 7.49. The Morgan fingerprint density at radius 3 is 2.88 bits per heavy atom. The maximum atomic E-state index is 3.40. The van der Waals surface area contributed by atoms with Crippen LogP contribution < -0.4 is 5.32 Å². The van der Waals surface area contributed by atoms with Gasteiger partial charge in [0.15, 0.2) is 0 Å². The Morgan fingerprint density at radius 1 is 1.31 bits per heavy atom. The van der Waals surface area contributed by atoms with Crippen LogP contribution in [-0.4, -0.2) is 25.1 Å². The quantitative estimate of drug-likeness (QED) is 0.842. The number of thioether (sulfide) groups is 1. The predicted octanol–water partition coefficient (Wildman–Crippen LogP) is 2.67. The molecule has 88 valence electrons. The molecule has 1 atom stereocenters. The maximum absolute atomic E-state index is 3.40. The molecule has 1 nitrogen and oxygen atoms in total. The maximum Gasteiger partial charge on any atom is 0.0195 e. The lowest BCUT2D eigenvalue weighted by Crippen LogP contribution is -2.29. The van der Waals surface area contributed by atoms with Gasteiger partial charge in [-0.1, -0.05) is 18.2 Å². The Hall–Kier alpha value is -0.470. The zero-order valence-electron chi connectivity index (χ0n) is 10.3. The van der Waals surface area contributed by atoms with Crippen LogP contribution in [0.15, 0.2) is 18.2 Å². The number of benzene rings is 1. The standard InChI is InChI=1S/C14H21NS/c1-15-14(10-16-2)9-11-6-7-12-4-3-5-13(12)8-11/h6-8,14-15H,3-5,9-10H2,1-2H3. The van der Waals surface area contributed by atoms with Crippen molar-refractivity contribution in [2.75, 3.05) is 19.1 Å². The van der Waals surface area contributed by atoms with Gasteiger partial charge in [-0.3, -0.25) is 0 Å². The Balaban J connectivity index is 2.04. The summed E-state index contributed by atoms with van der Waals surface area (Å²) < 4.78 is 0. The summed E-state index contributed by atoms with van der Waals surface area (Å²) in [7, 11) is 2.06. The molecule has 1 aliphatic carbocycles. The zero-order chi connectivity index (χ0) is 11.4. The fourth-order valence-electron chi connectivity index (χ4n) is 2.48. The smallest absolute Gasteiger partial charge is 0.0195 e. The number of nitrogens with one attached hydrogen (secondary N) is 1. The third-order valence-electron chi connectivity index (χ3n) is 3.42. The third kappa shape index (κ3) is 2.80. The second kappa shape index (κ2) is 5.74. The lowest BCUT2D eigenvalue weighted by Gasteiger charge is -2.15. The summed E-state index contributed by atoms with van der Waals surface area (Å²) in [5, 5.41) is 3.40. The minimum absolute atomic E-state index is 0.606. The molecule has 0 saturated carbocycles. The third-order valence-corrected chi connectivity index (χ3v) is 4.16. The van der Waals surface area contributed by atoms with E-state index in [9.17, 15) is 0 Å². The van der Waals surface area contributed by atoms with Crippen LogP contribution >= 0.6 is 11.8 Å². The van der Waals surface area contributed by atoms with Crippen molar-refractivity contribution in [2.24, 2.45) is 0 Å². The van der Waals surface area contributed by atoms with Crippen LogP contribution in [0.25, 0.3) is 0 Å². The summed E-state index contributed by atoms with van der Waals surface area (Å²) >= 11 is 1.92. The van der Waals surface area contributed by atoms with Gasteiger partial charge in [-0.15, -0.1) is 0 Å². The molecule has 1 aliphatic rings. The molecule has 2 rings (SSSR count). The molecule has 0 radical (unpaired) electrons. The van der Waals surface area contributed by atoms with Gasteiger partial charge in [0.25, 0.3) is 0 Å². The van der Waals surface area contributed by atoms with Crippen molar-refractivity contribution in [1.29, 1.82) is 0 Å². The molecule has 0 bridgehead atoms. The first kappa shape index (κ1) is 12.0. The topological polar surface area (TPSA) is 12.0 Å². The van der Waals surface area contributed by atoms with E-state index in [1.54, 1.807) is 11.1 Å². The number of aryl methyl sites for hydroxylation is 2. The Labute approximate surface area is 103 Å². The van der Waals surface area contributed by atoms with Crippen LogP contribution in [-0.2, 0) is 19.3 Å². The van der Waals surface area contributed by atoms with E-state index in [1.165, 1.54) is 30.6 Å². The number of hydrogen-bond acceptors (Lipinski definition) is 2. The van der Waals surface area contributed by atoms with E-state index in [0.717, 1.165) is 6.42 Å². The highest BCUT2D eigenvalue weighted by Crippen LogP contribution is 2.23. The van der Waals surface area contributed by atoms with Gasteiger partial charge in [0.1, 0.15) is 0 Å². The van der Waals surface area contributed by atoms with E-state index in [2.05, 4.69) is 36.8 Å². The summed E-state index contributed by atoms with van der Waals surface area (Å²) in [6.07, 6.45) is 7.25. The van der Waals surface area contributed by atoms with E-state index in [0.29, 0.717) is 6.04 Å². The molecule has 0 amide bonds. The molecular weight excluding hydrogens is 214 g/mol. The fourth-order valence-corrected chi connectivity index (χ4v) is 3.17. The Kier molecular flexibility index (Phi) is 4.30. The largest absolute Gasteiger partial charge is 0.316 e. The van der Waals surface area contributed by atoms with Gasteiger partial charge in [-0.25, -0.2) is 0 Å². The SMILES string of the molecule is CNC(CSC)Cc1ccc2c(c1)CCC2. The van der Waals surface area contributed by atoms with E-state index in [4.69, 9.17) is 0 Å². The average molecular weight is 235 g/mol. The zero-order valence-corrected chi connectivity index (χ0v) is 11.1. The van der Waals surface area contributed by atoms with Crippen LogP contribution in [0.2, 0.25) is 0 Å². The van der Waals surface area contributed by atoms with Gasteiger partial charge in [0.05, 0.1) is 0 Å². The lowest BCUT2D eigenvalue weighted by atomic mass is 10.0. The molecule has 2 heteroatoms. The van der Waals surface area contributed by atoms with Gasteiger partial charge in [-0.2, -0.15) is 11.8 Å². The molecule has 0 spiro atoms. The van der Waals surface area contributed by atoms with Gasteiger partial charge in [-0.05, 0) is 55.7 Å². The Bertz CT molecular complexity index is 349. The summed E-state index contributed by atoms with van der Waals surface area (Å²) in [6, 6.07) is 7.68. The molecule has 0 aromatic heterocycles. The van der Waals surface area contributed by atoms with Crippen molar-refractivity contribution in [3.8, 4) is 0 Å². The normalized spacial score (nSPS) is 16.1. The van der Waals surface area contributed by atoms with Crippen molar-refractivity contribution in [3.05, 3.63) is 34.9 Å². The number of fused-ring (bicyclic) bond motifs is 1. The number of hydrogen-bond donors (Lipinski definition) is 1. The highest BCUT2D eigenvalue weighted by molar-refractivity contribution is 7.98.